The first-order valence-corrected chi connectivity index (χ1v) is 13.8. The fourth-order valence-corrected chi connectivity index (χ4v) is 5.60. The molecule has 0 aliphatic rings. The Morgan fingerprint density at radius 1 is 1.16 bits per heavy atom. The van der Waals surface area contributed by atoms with Crippen molar-refractivity contribution in [1.82, 2.24) is 29.4 Å². The van der Waals surface area contributed by atoms with Gasteiger partial charge in [0.25, 0.3) is 5.56 Å². The molecule has 8 nitrogen and oxygen atoms in total. The van der Waals surface area contributed by atoms with E-state index in [0.717, 1.165) is 43.9 Å². The van der Waals surface area contributed by atoms with E-state index in [1.54, 1.807) is 4.40 Å². The molecule has 1 amide bonds. The van der Waals surface area contributed by atoms with Crippen molar-refractivity contribution in [2.45, 2.75) is 59.9 Å². The topological polar surface area (TPSA) is 84.5 Å². The molecule has 0 spiro atoms. The molecule has 3 heterocycles. The van der Waals surface area contributed by atoms with Crippen LogP contribution in [0.1, 0.15) is 50.7 Å². The van der Waals surface area contributed by atoms with Gasteiger partial charge in [0, 0.05) is 22.8 Å². The average Bonchev–Trinajstić information content (AvgIpc) is 3.45. The van der Waals surface area contributed by atoms with Gasteiger partial charge in [-0.05, 0) is 71.4 Å². The maximum Gasteiger partial charge on any atom is 0.268 e. The number of benzene rings is 1. The number of thiazole rings is 1. The van der Waals surface area contributed by atoms with Crippen molar-refractivity contribution in [3.8, 4) is 16.9 Å². The lowest BCUT2D eigenvalue weighted by Crippen LogP contribution is -2.35. The molecule has 1 aromatic carbocycles. The Kier molecular flexibility index (Phi) is 8.56. The van der Waals surface area contributed by atoms with Crippen molar-refractivity contribution in [2.24, 2.45) is 0 Å². The summed E-state index contributed by atoms with van der Waals surface area (Å²) < 4.78 is 3.39. The highest BCUT2D eigenvalue weighted by Crippen LogP contribution is 2.23. The zero-order valence-corrected chi connectivity index (χ0v) is 23.1. The highest BCUT2D eigenvalue weighted by molar-refractivity contribution is 7.15. The lowest BCUT2D eigenvalue weighted by atomic mass is 10.1. The summed E-state index contributed by atoms with van der Waals surface area (Å²) in [6, 6.07) is 11.8. The Labute approximate surface area is 222 Å². The van der Waals surface area contributed by atoms with Crippen LogP contribution < -0.4 is 10.9 Å². The number of fused-ring (bicyclic) bond motifs is 1. The minimum atomic E-state index is -0.198. The van der Waals surface area contributed by atoms with Crippen LogP contribution in [-0.4, -0.2) is 55.6 Å². The molecular formula is C28H36N6O2S. The minimum Gasteiger partial charge on any atom is -0.353 e. The lowest BCUT2D eigenvalue weighted by Gasteiger charge is -2.19. The molecule has 0 saturated carbocycles. The normalized spacial score (nSPS) is 12.4. The van der Waals surface area contributed by atoms with Crippen LogP contribution in [0, 0.1) is 13.8 Å². The maximum absolute atomic E-state index is 13.7. The highest BCUT2D eigenvalue weighted by Gasteiger charge is 2.20. The van der Waals surface area contributed by atoms with Gasteiger partial charge in [-0.1, -0.05) is 32.0 Å². The Morgan fingerprint density at radius 2 is 1.89 bits per heavy atom. The van der Waals surface area contributed by atoms with Crippen LogP contribution in [0.4, 0.5) is 0 Å². The molecule has 0 radical (unpaired) electrons. The lowest BCUT2D eigenvalue weighted by molar-refractivity contribution is -0.121. The fourth-order valence-electron chi connectivity index (χ4n) is 4.67. The molecule has 1 N–H and O–H groups in total. The molecular weight excluding hydrogens is 484 g/mol. The van der Waals surface area contributed by atoms with E-state index in [-0.39, 0.29) is 23.9 Å². The van der Waals surface area contributed by atoms with Gasteiger partial charge in [0.15, 0.2) is 4.96 Å². The van der Waals surface area contributed by atoms with Crippen molar-refractivity contribution in [2.75, 3.05) is 19.6 Å². The maximum atomic E-state index is 13.7. The number of hydrogen-bond donors (Lipinski definition) is 1. The summed E-state index contributed by atoms with van der Waals surface area (Å²) in [6.45, 7) is 13.3. The third-order valence-corrected chi connectivity index (χ3v) is 7.59. The summed E-state index contributed by atoms with van der Waals surface area (Å²) in [5, 5.41) is 9.68. The first-order valence-electron chi connectivity index (χ1n) is 13.0. The van der Waals surface area contributed by atoms with Gasteiger partial charge in [0.2, 0.25) is 5.91 Å². The Hall–Kier alpha value is -3.30. The van der Waals surface area contributed by atoms with E-state index in [4.69, 9.17) is 5.10 Å². The van der Waals surface area contributed by atoms with E-state index >= 15 is 0 Å². The number of rotatable bonds is 11. The highest BCUT2D eigenvalue weighted by atomic mass is 32.1. The van der Waals surface area contributed by atoms with Crippen LogP contribution in [0.3, 0.4) is 0 Å². The zero-order chi connectivity index (χ0) is 26.5. The van der Waals surface area contributed by atoms with Gasteiger partial charge < -0.3 is 10.2 Å². The first-order chi connectivity index (χ1) is 17.8. The average molecular weight is 521 g/mol. The molecule has 0 aliphatic carbocycles. The molecule has 1 unspecified atom stereocenters. The summed E-state index contributed by atoms with van der Waals surface area (Å²) in [6.07, 6.45) is 2.08. The zero-order valence-electron chi connectivity index (χ0n) is 22.3. The molecule has 4 rings (SSSR count). The van der Waals surface area contributed by atoms with Gasteiger partial charge in [-0.3, -0.25) is 14.0 Å². The molecule has 0 aliphatic heterocycles. The third-order valence-electron chi connectivity index (χ3n) is 6.72. The van der Waals surface area contributed by atoms with Crippen molar-refractivity contribution < 1.29 is 4.79 Å². The number of para-hydroxylation sites is 1. The Morgan fingerprint density at radius 3 is 2.59 bits per heavy atom. The number of amides is 1. The van der Waals surface area contributed by atoms with E-state index in [1.165, 1.54) is 11.3 Å². The second-order valence-corrected chi connectivity index (χ2v) is 10.3. The molecule has 0 fully saturated rings. The number of nitrogens with one attached hydrogen (secondary N) is 1. The summed E-state index contributed by atoms with van der Waals surface area (Å²) in [5.41, 5.74) is 3.96. The van der Waals surface area contributed by atoms with Crippen LogP contribution in [0.15, 0.2) is 46.6 Å². The van der Waals surface area contributed by atoms with Crippen LogP contribution in [-0.2, 0) is 11.2 Å². The van der Waals surface area contributed by atoms with Crippen molar-refractivity contribution in [3.63, 3.8) is 0 Å². The van der Waals surface area contributed by atoms with Crippen LogP contribution >= 0.6 is 11.3 Å². The van der Waals surface area contributed by atoms with E-state index in [0.29, 0.717) is 27.6 Å². The summed E-state index contributed by atoms with van der Waals surface area (Å²) in [7, 11) is 0. The molecule has 3 aromatic heterocycles. The molecule has 0 saturated heterocycles. The summed E-state index contributed by atoms with van der Waals surface area (Å²) >= 11 is 1.38. The van der Waals surface area contributed by atoms with Gasteiger partial charge in [-0.2, -0.15) is 5.10 Å². The van der Waals surface area contributed by atoms with E-state index in [9.17, 15) is 9.59 Å². The Balaban J connectivity index is 1.54. The minimum absolute atomic E-state index is 0.0746. The number of hydrogen-bond acceptors (Lipinski definition) is 6. The molecule has 1 atom stereocenters. The third kappa shape index (κ3) is 5.99. The SMILES string of the molecule is CCN(CC)CCCC(C)NC(=O)Cc1csc2nc(C)c(-c3cc(C)n(-c4ccccc4)n3)c(=O)n12. The molecule has 37 heavy (non-hydrogen) atoms. The quantitative estimate of drug-likeness (QED) is 0.317. The van der Waals surface area contributed by atoms with Crippen molar-refractivity contribution in [3.05, 3.63) is 69.2 Å². The van der Waals surface area contributed by atoms with Gasteiger partial charge in [0.05, 0.1) is 23.4 Å². The first kappa shape index (κ1) is 26.8. The second-order valence-electron chi connectivity index (χ2n) is 9.46. The monoisotopic (exact) mass is 520 g/mol. The molecule has 196 valence electrons. The smallest absolute Gasteiger partial charge is 0.268 e. The molecule has 0 bridgehead atoms. The van der Waals surface area contributed by atoms with Gasteiger partial charge in [-0.15, -0.1) is 11.3 Å². The Bertz CT molecular complexity index is 1420. The predicted octanol–water partition coefficient (Wildman–Crippen LogP) is 4.39. The number of carbonyl (C=O) groups excluding carboxylic acids is 1. The van der Waals surface area contributed by atoms with E-state index in [1.807, 2.05) is 67.2 Å². The number of aromatic nitrogens is 4. The fraction of sp³-hybridized carbons (Fsp3) is 0.429. The van der Waals surface area contributed by atoms with Gasteiger partial charge >= 0.3 is 0 Å². The summed E-state index contributed by atoms with van der Waals surface area (Å²) in [4.78, 5) is 34.2. The largest absolute Gasteiger partial charge is 0.353 e. The number of carbonyl (C=O) groups is 1. The standard InChI is InChI=1S/C28H36N6O2S/c1-6-32(7-2)15-11-12-19(3)29-25(35)17-23-18-37-28-30-21(5)26(27(36)33(23)28)24-16-20(4)34(31-24)22-13-9-8-10-14-22/h8-10,13-14,16,18-19H,6-7,11-12,15,17H2,1-5H3,(H,29,35). The molecule has 4 aromatic rings. The molecule has 9 heteroatoms. The van der Waals surface area contributed by atoms with Gasteiger partial charge in [-0.25, -0.2) is 9.67 Å². The van der Waals surface area contributed by atoms with Crippen LogP contribution in [0.5, 0.6) is 0 Å². The number of nitrogens with zero attached hydrogens (tertiary/aromatic N) is 5. The van der Waals surface area contributed by atoms with Gasteiger partial charge in [0.1, 0.15) is 5.69 Å². The van der Waals surface area contributed by atoms with E-state index in [2.05, 4.69) is 29.0 Å². The second kappa shape index (κ2) is 11.8. The van der Waals surface area contributed by atoms with Crippen molar-refractivity contribution >= 4 is 22.2 Å². The number of aryl methyl sites for hydroxylation is 2. The van der Waals surface area contributed by atoms with E-state index < -0.39 is 0 Å². The van der Waals surface area contributed by atoms with Crippen LogP contribution in [0.25, 0.3) is 21.9 Å². The predicted molar refractivity (Wildman–Crippen MR) is 150 cm³/mol. The van der Waals surface area contributed by atoms with Crippen molar-refractivity contribution in [1.29, 1.82) is 0 Å². The van der Waals surface area contributed by atoms with Crippen LogP contribution in [0.2, 0.25) is 0 Å². The summed E-state index contributed by atoms with van der Waals surface area (Å²) in [5.74, 6) is -0.0896.